The van der Waals surface area contributed by atoms with Gasteiger partial charge in [0.2, 0.25) is 11.7 Å². The largest absolute Gasteiger partial charge is 0.475 e. The fourth-order valence-corrected chi connectivity index (χ4v) is 1.29. The number of amides is 1. The average molecular weight is 247 g/mol. The summed E-state index contributed by atoms with van der Waals surface area (Å²) in [5.74, 6) is -1.45. The summed E-state index contributed by atoms with van der Waals surface area (Å²) in [6.07, 6.45) is 0. The van der Waals surface area contributed by atoms with Crippen LogP contribution in [0.15, 0.2) is 40.8 Å². The predicted molar refractivity (Wildman–Crippen MR) is 60.7 cm³/mol. The number of hydrogen-bond donors (Lipinski definition) is 2. The van der Waals surface area contributed by atoms with Crippen molar-refractivity contribution < 1.29 is 23.8 Å². The van der Waals surface area contributed by atoms with Crippen LogP contribution in [0.5, 0.6) is 11.7 Å². The zero-order chi connectivity index (χ0) is 13.1. The van der Waals surface area contributed by atoms with Gasteiger partial charge in [-0.3, -0.25) is 4.79 Å². The minimum absolute atomic E-state index is 0.0548. The second-order valence-electron chi connectivity index (χ2n) is 3.41. The van der Waals surface area contributed by atoms with Crippen molar-refractivity contribution in [3.8, 4) is 11.7 Å². The van der Waals surface area contributed by atoms with Gasteiger partial charge in [-0.05, 0) is 30.3 Å². The van der Waals surface area contributed by atoms with Gasteiger partial charge in [0, 0.05) is 11.6 Å². The van der Waals surface area contributed by atoms with Crippen molar-refractivity contribution in [1.82, 2.24) is 0 Å². The highest BCUT2D eigenvalue weighted by Gasteiger charge is 2.10. The van der Waals surface area contributed by atoms with E-state index in [0.29, 0.717) is 11.3 Å². The zero-order valence-electron chi connectivity index (χ0n) is 9.12. The van der Waals surface area contributed by atoms with E-state index in [9.17, 15) is 9.59 Å². The van der Waals surface area contributed by atoms with Crippen molar-refractivity contribution in [1.29, 1.82) is 0 Å². The number of aromatic carboxylic acids is 1. The zero-order valence-corrected chi connectivity index (χ0v) is 9.12. The summed E-state index contributed by atoms with van der Waals surface area (Å²) in [6, 6.07) is 8.74. The van der Waals surface area contributed by atoms with Gasteiger partial charge in [0.1, 0.15) is 5.75 Å². The van der Waals surface area contributed by atoms with E-state index >= 15 is 0 Å². The van der Waals surface area contributed by atoms with Crippen LogP contribution in [0.1, 0.15) is 20.9 Å². The van der Waals surface area contributed by atoms with Gasteiger partial charge in [-0.25, -0.2) is 4.79 Å². The molecule has 1 aromatic carbocycles. The van der Waals surface area contributed by atoms with Crippen molar-refractivity contribution in [2.24, 2.45) is 5.73 Å². The Labute approximate surface area is 102 Å². The normalized spacial score (nSPS) is 10.0. The third kappa shape index (κ3) is 2.49. The molecule has 6 heteroatoms. The quantitative estimate of drug-likeness (QED) is 0.858. The van der Waals surface area contributed by atoms with Crippen LogP contribution >= 0.6 is 0 Å². The van der Waals surface area contributed by atoms with Gasteiger partial charge in [-0.15, -0.1) is 0 Å². The molecule has 0 saturated heterocycles. The Bertz CT molecular complexity index is 585. The second kappa shape index (κ2) is 4.62. The molecule has 2 aromatic rings. The van der Waals surface area contributed by atoms with Gasteiger partial charge in [-0.1, -0.05) is 0 Å². The third-order valence-corrected chi connectivity index (χ3v) is 2.15. The number of carboxylic acid groups (broad SMARTS) is 1. The number of hydrogen-bond acceptors (Lipinski definition) is 4. The number of ether oxygens (including phenoxy) is 1. The molecule has 0 unspecified atom stereocenters. The van der Waals surface area contributed by atoms with E-state index in [-0.39, 0.29) is 11.7 Å². The van der Waals surface area contributed by atoms with E-state index in [1.165, 1.54) is 36.4 Å². The maximum absolute atomic E-state index is 10.8. The van der Waals surface area contributed by atoms with Crippen LogP contribution in [-0.4, -0.2) is 17.0 Å². The fourth-order valence-electron chi connectivity index (χ4n) is 1.29. The molecule has 2 rings (SSSR count). The average Bonchev–Trinajstić information content (AvgIpc) is 2.78. The molecule has 0 bridgehead atoms. The van der Waals surface area contributed by atoms with Gasteiger partial charge in [0.15, 0.2) is 0 Å². The van der Waals surface area contributed by atoms with E-state index in [0.717, 1.165) is 0 Å². The first-order valence-electron chi connectivity index (χ1n) is 4.97. The van der Waals surface area contributed by atoms with Crippen molar-refractivity contribution in [2.75, 3.05) is 0 Å². The summed E-state index contributed by atoms with van der Waals surface area (Å²) in [6.45, 7) is 0. The Kier molecular flexibility index (Phi) is 3.01. The van der Waals surface area contributed by atoms with E-state index in [1.54, 1.807) is 0 Å². The molecule has 0 saturated carbocycles. The van der Waals surface area contributed by atoms with Crippen molar-refractivity contribution in [3.63, 3.8) is 0 Å². The van der Waals surface area contributed by atoms with E-state index in [2.05, 4.69) is 0 Å². The Morgan fingerprint density at radius 1 is 1.11 bits per heavy atom. The van der Waals surface area contributed by atoms with Crippen LogP contribution in [0.3, 0.4) is 0 Å². The van der Waals surface area contributed by atoms with Crippen LogP contribution < -0.4 is 10.5 Å². The Morgan fingerprint density at radius 3 is 2.28 bits per heavy atom. The molecule has 1 aromatic heterocycles. The van der Waals surface area contributed by atoms with Crippen LogP contribution in [0.4, 0.5) is 0 Å². The first-order chi connectivity index (χ1) is 8.56. The maximum atomic E-state index is 10.8. The topological polar surface area (TPSA) is 103 Å². The SMILES string of the molecule is NC(=O)c1ccc(Oc2ccc(C(=O)O)o2)cc1. The number of carbonyl (C=O) groups excluding carboxylic acids is 1. The molecular weight excluding hydrogens is 238 g/mol. The van der Waals surface area contributed by atoms with Gasteiger partial charge in [-0.2, -0.15) is 0 Å². The summed E-state index contributed by atoms with van der Waals surface area (Å²) < 4.78 is 10.2. The monoisotopic (exact) mass is 247 g/mol. The molecule has 1 heterocycles. The minimum Gasteiger partial charge on any atom is -0.475 e. The first-order valence-corrected chi connectivity index (χ1v) is 4.97. The lowest BCUT2D eigenvalue weighted by Gasteiger charge is -2.02. The summed E-state index contributed by atoms with van der Waals surface area (Å²) in [5, 5.41) is 8.66. The Balaban J connectivity index is 2.13. The van der Waals surface area contributed by atoms with Gasteiger partial charge < -0.3 is 20.0 Å². The van der Waals surface area contributed by atoms with Crippen molar-refractivity contribution in [3.05, 3.63) is 47.7 Å². The lowest BCUT2D eigenvalue weighted by molar-refractivity contribution is 0.0657. The summed E-state index contributed by atoms with van der Waals surface area (Å²) >= 11 is 0. The molecule has 1 amide bonds. The number of furan rings is 1. The number of carboxylic acids is 1. The summed E-state index contributed by atoms with van der Waals surface area (Å²) in [4.78, 5) is 21.4. The molecule has 0 fully saturated rings. The predicted octanol–water partition coefficient (Wildman–Crippen LogP) is 1.87. The molecule has 0 aliphatic carbocycles. The molecule has 0 spiro atoms. The number of primary amides is 1. The second-order valence-corrected chi connectivity index (χ2v) is 3.41. The molecule has 0 aliphatic rings. The third-order valence-electron chi connectivity index (χ3n) is 2.15. The van der Waals surface area contributed by atoms with Gasteiger partial charge >= 0.3 is 5.97 Å². The fraction of sp³-hybridized carbons (Fsp3) is 0. The van der Waals surface area contributed by atoms with E-state index in [1.807, 2.05) is 0 Å². The maximum Gasteiger partial charge on any atom is 0.371 e. The molecular formula is C12H9NO5. The standard InChI is InChI=1S/C12H9NO5/c13-11(14)7-1-3-8(4-2-7)17-10-6-5-9(18-10)12(15)16/h1-6H,(H2,13,14)(H,15,16). The smallest absolute Gasteiger partial charge is 0.371 e. The van der Waals surface area contributed by atoms with Crippen LogP contribution in [0.25, 0.3) is 0 Å². The molecule has 18 heavy (non-hydrogen) atoms. The van der Waals surface area contributed by atoms with Crippen molar-refractivity contribution >= 4 is 11.9 Å². The highest BCUT2D eigenvalue weighted by molar-refractivity contribution is 5.92. The Morgan fingerprint density at radius 2 is 1.78 bits per heavy atom. The minimum atomic E-state index is -1.17. The first kappa shape index (κ1) is 11.7. The summed E-state index contributed by atoms with van der Waals surface area (Å²) in [5.41, 5.74) is 5.44. The Hall–Kier alpha value is -2.76. The number of benzene rings is 1. The van der Waals surface area contributed by atoms with Crippen LogP contribution in [0.2, 0.25) is 0 Å². The molecule has 6 nitrogen and oxygen atoms in total. The summed E-state index contributed by atoms with van der Waals surface area (Å²) in [7, 11) is 0. The number of nitrogens with two attached hydrogens (primary N) is 1. The van der Waals surface area contributed by atoms with Gasteiger partial charge in [0.25, 0.3) is 5.95 Å². The number of carbonyl (C=O) groups is 2. The van der Waals surface area contributed by atoms with Crippen LogP contribution in [-0.2, 0) is 0 Å². The molecule has 0 atom stereocenters. The molecule has 3 N–H and O–H groups in total. The number of rotatable bonds is 4. The van der Waals surface area contributed by atoms with Gasteiger partial charge in [0.05, 0.1) is 0 Å². The van der Waals surface area contributed by atoms with E-state index in [4.69, 9.17) is 20.0 Å². The van der Waals surface area contributed by atoms with Crippen LogP contribution in [0, 0.1) is 0 Å². The highest BCUT2D eigenvalue weighted by Crippen LogP contribution is 2.23. The van der Waals surface area contributed by atoms with E-state index < -0.39 is 11.9 Å². The highest BCUT2D eigenvalue weighted by atomic mass is 16.6. The molecule has 0 radical (unpaired) electrons. The lowest BCUT2D eigenvalue weighted by Crippen LogP contribution is -2.10. The lowest BCUT2D eigenvalue weighted by atomic mass is 10.2. The van der Waals surface area contributed by atoms with Crippen molar-refractivity contribution in [2.45, 2.75) is 0 Å². The molecule has 0 aliphatic heterocycles. The molecule has 92 valence electrons.